The zero-order valence-corrected chi connectivity index (χ0v) is 31.3. The largest absolute Gasteiger partial charge is 0.344 e. The first-order valence-corrected chi connectivity index (χ1v) is 19.7. The number of benzene rings is 7. The van der Waals surface area contributed by atoms with Crippen molar-refractivity contribution in [1.82, 2.24) is 14.3 Å². The predicted molar refractivity (Wildman–Crippen MR) is 236 cm³/mol. The predicted octanol–water partition coefficient (Wildman–Crippen LogP) is 13.3. The van der Waals surface area contributed by atoms with Crippen LogP contribution >= 0.6 is 0 Å². The summed E-state index contributed by atoms with van der Waals surface area (Å²) in [5.41, 5.74) is 17.4. The van der Waals surface area contributed by atoms with Crippen molar-refractivity contribution < 1.29 is 0 Å². The van der Waals surface area contributed by atoms with E-state index >= 15 is 0 Å². The molecule has 12 rings (SSSR count). The summed E-state index contributed by atoms with van der Waals surface area (Å²) in [5.74, 6) is 0.838. The molecule has 0 bridgehead atoms. The number of nitrogens with one attached hydrogen (secondary N) is 1. The van der Waals surface area contributed by atoms with E-state index < -0.39 is 0 Å². The van der Waals surface area contributed by atoms with Gasteiger partial charge in [0, 0.05) is 37.9 Å². The van der Waals surface area contributed by atoms with Gasteiger partial charge in [-0.1, -0.05) is 109 Å². The number of rotatable bonds is 3. The number of hydrogen-bond donors (Lipinski definition) is 1. The molecule has 266 valence electrons. The van der Waals surface area contributed by atoms with Gasteiger partial charge in [-0.2, -0.15) is 0 Å². The summed E-state index contributed by atoms with van der Waals surface area (Å²) < 4.78 is 4.77. The number of aryl methyl sites for hydroxylation is 1. The smallest absolute Gasteiger partial charge is 0.209 e. The quantitative estimate of drug-likeness (QED) is 0.194. The fraction of sp³-hybridized carbons (Fsp3) is 0.0962. The molecular formula is C52H38N4. The third-order valence-electron chi connectivity index (χ3n) is 12.5. The number of hydrogen-bond acceptors (Lipinski definition) is 2. The summed E-state index contributed by atoms with van der Waals surface area (Å²) in [6, 6.07) is 53.7. The minimum atomic E-state index is -0.0539. The molecule has 4 heteroatoms. The van der Waals surface area contributed by atoms with Crippen molar-refractivity contribution in [2.45, 2.75) is 32.7 Å². The van der Waals surface area contributed by atoms with Gasteiger partial charge < -0.3 is 9.72 Å². The van der Waals surface area contributed by atoms with Gasteiger partial charge in [-0.3, -0.25) is 4.57 Å². The minimum Gasteiger partial charge on any atom is -0.344 e. The van der Waals surface area contributed by atoms with E-state index in [0.717, 1.165) is 35.5 Å². The van der Waals surface area contributed by atoms with E-state index in [-0.39, 0.29) is 6.04 Å². The van der Waals surface area contributed by atoms with Gasteiger partial charge in [-0.25, -0.2) is 4.99 Å². The topological polar surface area (TPSA) is 33.7 Å². The maximum absolute atomic E-state index is 5.33. The summed E-state index contributed by atoms with van der Waals surface area (Å²) in [5, 5.41) is 11.6. The second-order valence-electron chi connectivity index (χ2n) is 15.6. The zero-order valence-electron chi connectivity index (χ0n) is 31.3. The highest BCUT2D eigenvalue weighted by molar-refractivity contribution is 6.23. The van der Waals surface area contributed by atoms with E-state index in [4.69, 9.17) is 4.99 Å². The van der Waals surface area contributed by atoms with Crippen LogP contribution in [-0.4, -0.2) is 14.9 Å². The fourth-order valence-electron chi connectivity index (χ4n) is 9.83. The van der Waals surface area contributed by atoms with Crippen LogP contribution in [0.2, 0.25) is 0 Å². The van der Waals surface area contributed by atoms with Gasteiger partial charge in [0.1, 0.15) is 0 Å². The molecule has 1 N–H and O–H groups in total. The van der Waals surface area contributed by atoms with Gasteiger partial charge in [-0.15, -0.1) is 0 Å². The normalized spacial score (nSPS) is 15.8. The number of allylic oxidation sites excluding steroid dienone is 4. The molecule has 0 amide bonds. The van der Waals surface area contributed by atoms with E-state index in [1.807, 2.05) is 0 Å². The SMILES string of the molecule is CC1=C(c2cc(C3NC(n4c5ccccc5c5cc(-c6ccc7c(c6)c6cccc8c9ccccc9n7c86)ccc54)=Nc4ccccc43)ccc2C)CCC=C1. The molecular weight excluding hydrogens is 681 g/mol. The summed E-state index contributed by atoms with van der Waals surface area (Å²) in [7, 11) is 0. The molecule has 10 aromatic rings. The molecule has 2 aliphatic rings. The van der Waals surface area contributed by atoms with Crippen molar-refractivity contribution in [1.29, 1.82) is 0 Å². The highest BCUT2D eigenvalue weighted by Crippen LogP contribution is 2.42. The van der Waals surface area contributed by atoms with Gasteiger partial charge >= 0.3 is 0 Å². The standard InChI is InChI=1S/C52H38N4/c1-31-12-3-4-13-36(31)42-30-35(23-22-32(42)2)50-41-16-5-8-19-45(41)53-52(54-50)56-47-21-10-7-15-38(47)43-28-33(25-27-49(43)56)34-24-26-48-44(29-34)40-18-11-17-39-37-14-6-9-20-46(37)55(48)51(39)40/h3,5-12,14-30,50H,4,13H2,1-2H3,(H,53,54). The highest BCUT2D eigenvalue weighted by Gasteiger charge is 2.27. The first-order chi connectivity index (χ1) is 27.6. The van der Waals surface area contributed by atoms with Crippen molar-refractivity contribution >= 4 is 77.1 Å². The van der Waals surface area contributed by atoms with Crippen molar-refractivity contribution in [3.05, 3.63) is 186 Å². The minimum absolute atomic E-state index is 0.0539. The van der Waals surface area contributed by atoms with Crippen LogP contribution in [0.25, 0.3) is 76.6 Å². The summed E-state index contributed by atoms with van der Waals surface area (Å²) in [6.45, 7) is 4.48. The lowest BCUT2D eigenvalue weighted by molar-refractivity contribution is 0.730. The Morgan fingerprint density at radius 1 is 0.589 bits per heavy atom. The molecule has 1 aliphatic carbocycles. The fourth-order valence-corrected chi connectivity index (χ4v) is 9.83. The van der Waals surface area contributed by atoms with Crippen molar-refractivity contribution in [3.63, 3.8) is 0 Å². The summed E-state index contributed by atoms with van der Waals surface area (Å²) >= 11 is 0. The Labute approximate surface area is 324 Å². The molecule has 0 fully saturated rings. The molecule has 56 heavy (non-hydrogen) atoms. The molecule has 1 unspecified atom stereocenters. The van der Waals surface area contributed by atoms with E-state index in [1.54, 1.807) is 0 Å². The van der Waals surface area contributed by atoms with Crippen molar-refractivity contribution in [2.24, 2.45) is 4.99 Å². The second-order valence-corrected chi connectivity index (χ2v) is 15.6. The monoisotopic (exact) mass is 718 g/mol. The summed E-state index contributed by atoms with van der Waals surface area (Å²) in [4.78, 5) is 5.33. The highest BCUT2D eigenvalue weighted by atomic mass is 15.2. The van der Waals surface area contributed by atoms with Crippen LogP contribution in [0, 0.1) is 6.92 Å². The summed E-state index contributed by atoms with van der Waals surface area (Å²) in [6.07, 6.45) is 6.73. The van der Waals surface area contributed by atoms with Gasteiger partial charge in [0.2, 0.25) is 5.96 Å². The number of nitrogens with zero attached hydrogens (tertiary/aromatic N) is 3. The lowest BCUT2D eigenvalue weighted by Crippen LogP contribution is -2.36. The first kappa shape index (κ1) is 31.4. The molecule has 3 aromatic heterocycles. The van der Waals surface area contributed by atoms with Gasteiger partial charge in [0.15, 0.2) is 0 Å². The Balaban J connectivity index is 1.00. The molecule has 4 heterocycles. The number of aliphatic imine (C=N–C) groups is 1. The molecule has 1 aliphatic heterocycles. The molecule has 0 spiro atoms. The van der Waals surface area contributed by atoms with Crippen LogP contribution < -0.4 is 5.32 Å². The van der Waals surface area contributed by atoms with Crippen LogP contribution in [0.4, 0.5) is 5.69 Å². The Bertz CT molecular complexity index is 3370. The Morgan fingerprint density at radius 2 is 1.23 bits per heavy atom. The van der Waals surface area contributed by atoms with Gasteiger partial charge in [0.25, 0.3) is 0 Å². The second kappa shape index (κ2) is 11.8. The van der Waals surface area contributed by atoms with Crippen LogP contribution in [-0.2, 0) is 0 Å². The van der Waals surface area contributed by atoms with Crippen LogP contribution in [0.1, 0.15) is 48.1 Å². The van der Waals surface area contributed by atoms with Crippen LogP contribution in [0.3, 0.4) is 0 Å². The average Bonchev–Trinajstić information content (AvgIpc) is 3.88. The molecule has 4 nitrogen and oxygen atoms in total. The third-order valence-corrected chi connectivity index (χ3v) is 12.5. The molecule has 1 atom stereocenters. The zero-order chi connectivity index (χ0) is 37.1. The van der Waals surface area contributed by atoms with E-state index in [9.17, 15) is 0 Å². The van der Waals surface area contributed by atoms with Crippen molar-refractivity contribution in [3.8, 4) is 11.1 Å². The molecule has 0 saturated carbocycles. The number of para-hydroxylation sites is 4. The lowest BCUT2D eigenvalue weighted by Gasteiger charge is -2.29. The lowest BCUT2D eigenvalue weighted by atomic mass is 9.86. The van der Waals surface area contributed by atoms with Crippen LogP contribution in [0.15, 0.2) is 168 Å². The van der Waals surface area contributed by atoms with E-state index in [1.165, 1.54) is 93.4 Å². The maximum atomic E-state index is 5.33. The molecule has 7 aromatic carbocycles. The Kier molecular flexibility index (Phi) is 6.62. The van der Waals surface area contributed by atoms with Crippen LogP contribution in [0.5, 0.6) is 0 Å². The van der Waals surface area contributed by atoms with E-state index in [2.05, 4.69) is 186 Å². The van der Waals surface area contributed by atoms with Gasteiger partial charge in [0.05, 0.1) is 39.3 Å². The number of fused-ring (bicyclic) bond motifs is 10. The molecule has 0 radical (unpaired) electrons. The van der Waals surface area contributed by atoms with E-state index in [0.29, 0.717) is 0 Å². The molecule has 0 saturated heterocycles. The Morgan fingerprint density at radius 3 is 2.05 bits per heavy atom. The van der Waals surface area contributed by atoms with Gasteiger partial charge in [-0.05, 0) is 114 Å². The first-order valence-electron chi connectivity index (χ1n) is 19.7. The third kappa shape index (κ3) is 4.44. The average molecular weight is 719 g/mol. The maximum Gasteiger partial charge on any atom is 0.209 e. The Hall–Kier alpha value is -6.91. The number of aromatic nitrogens is 2. The van der Waals surface area contributed by atoms with Crippen molar-refractivity contribution in [2.75, 3.05) is 0 Å².